The highest BCUT2D eigenvalue weighted by atomic mass is 19.2. The molecule has 4 rings (SSSR count). The Kier molecular flexibility index (Phi) is 5.70. The van der Waals surface area contributed by atoms with E-state index in [1.54, 1.807) is 18.2 Å². The van der Waals surface area contributed by atoms with Gasteiger partial charge in [-0.15, -0.1) is 0 Å². The molecule has 0 saturated carbocycles. The average Bonchev–Trinajstić information content (AvgIpc) is 3.16. The summed E-state index contributed by atoms with van der Waals surface area (Å²) in [7, 11) is 0. The predicted molar refractivity (Wildman–Crippen MR) is 106 cm³/mol. The van der Waals surface area contributed by atoms with Crippen molar-refractivity contribution in [2.75, 3.05) is 36.5 Å². The van der Waals surface area contributed by atoms with Crippen molar-refractivity contribution in [1.82, 2.24) is 5.32 Å². The van der Waals surface area contributed by atoms with Crippen LogP contribution in [0.5, 0.6) is 11.5 Å². The molecule has 2 aliphatic rings. The lowest BCUT2D eigenvalue weighted by molar-refractivity contribution is -0.127. The number of amides is 3. The van der Waals surface area contributed by atoms with Crippen molar-refractivity contribution in [2.45, 2.75) is 6.42 Å². The van der Waals surface area contributed by atoms with Crippen molar-refractivity contribution in [1.29, 1.82) is 0 Å². The number of anilines is 2. The van der Waals surface area contributed by atoms with Crippen LogP contribution >= 0.6 is 0 Å². The quantitative estimate of drug-likeness (QED) is 0.753. The third kappa shape index (κ3) is 4.57. The van der Waals surface area contributed by atoms with Gasteiger partial charge >= 0.3 is 0 Å². The minimum absolute atomic E-state index is 0.00503. The first kappa shape index (κ1) is 20.6. The molecule has 10 heteroatoms. The maximum Gasteiger partial charge on any atom is 0.243 e. The molecule has 0 bridgehead atoms. The number of hydrogen-bond acceptors (Lipinski definition) is 5. The van der Waals surface area contributed by atoms with Gasteiger partial charge in [0, 0.05) is 36.5 Å². The zero-order valence-corrected chi connectivity index (χ0v) is 16.3. The molecule has 0 radical (unpaired) electrons. The number of halogens is 2. The molecule has 0 spiro atoms. The van der Waals surface area contributed by atoms with Gasteiger partial charge in [-0.3, -0.25) is 14.4 Å². The van der Waals surface area contributed by atoms with E-state index in [0.717, 1.165) is 12.1 Å². The zero-order chi connectivity index (χ0) is 22.0. The van der Waals surface area contributed by atoms with Crippen LogP contribution in [0.1, 0.15) is 6.42 Å². The van der Waals surface area contributed by atoms with Crippen molar-refractivity contribution in [3.63, 3.8) is 0 Å². The van der Waals surface area contributed by atoms with Gasteiger partial charge in [0.2, 0.25) is 17.7 Å². The third-order valence-electron chi connectivity index (χ3n) is 4.96. The third-order valence-corrected chi connectivity index (χ3v) is 4.96. The van der Waals surface area contributed by atoms with E-state index >= 15 is 0 Å². The van der Waals surface area contributed by atoms with E-state index in [1.165, 1.54) is 11.0 Å². The SMILES string of the molecule is O=C(CNC(=O)C1CC(=O)N(c2ccc3c(c2)OCCO3)C1)Nc1ccc(F)c(F)c1. The van der Waals surface area contributed by atoms with E-state index in [1.807, 2.05) is 0 Å². The molecule has 31 heavy (non-hydrogen) atoms. The maximum atomic E-state index is 13.2. The van der Waals surface area contributed by atoms with Crippen molar-refractivity contribution in [3.05, 3.63) is 48.0 Å². The Balaban J connectivity index is 1.32. The van der Waals surface area contributed by atoms with Crippen LogP contribution in [0.15, 0.2) is 36.4 Å². The van der Waals surface area contributed by atoms with Crippen LogP contribution in [0.25, 0.3) is 0 Å². The van der Waals surface area contributed by atoms with E-state index in [2.05, 4.69) is 10.6 Å². The summed E-state index contributed by atoms with van der Waals surface area (Å²) in [6.07, 6.45) is 0.00503. The molecule has 0 aromatic heterocycles. The van der Waals surface area contributed by atoms with Gasteiger partial charge in [-0.25, -0.2) is 8.78 Å². The number of hydrogen-bond donors (Lipinski definition) is 2. The van der Waals surface area contributed by atoms with E-state index < -0.39 is 29.4 Å². The minimum Gasteiger partial charge on any atom is -0.486 e. The molecule has 1 fully saturated rings. The van der Waals surface area contributed by atoms with Crippen molar-refractivity contribution in [2.24, 2.45) is 5.92 Å². The van der Waals surface area contributed by atoms with Crippen LogP contribution in [0, 0.1) is 17.6 Å². The number of rotatable bonds is 5. The molecule has 0 aliphatic carbocycles. The molecule has 2 N–H and O–H groups in total. The van der Waals surface area contributed by atoms with Gasteiger partial charge in [0.25, 0.3) is 0 Å². The Morgan fingerprint density at radius 3 is 2.58 bits per heavy atom. The highest BCUT2D eigenvalue weighted by Gasteiger charge is 2.35. The highest BCUT2D eigenvalue weighted by molar-refractivity contribution is 6.01. The summed E-state index contributed by atoms with van der Waals surface area (Å²) in [6, 6.07) is 8.07. The van der Waals surface area contributed by atoms with Crippen LogP contribution in [-0.2, 0) is 14.4 Å². The zero-order valence-electron chi connectivity index (χ0n) is 16.3. The fraction of sp³-hybridized carbons (Fsp3) is 0.286. The summed E-state index contributed by atoms with van der Waals surface area (Å²) in [5.74, 6) is -2.88. The Labute approximate surface area is 176 Å². The summed E-state index contributed by atoms with van der Waals surface area (Å²) in [6.45, 7) is 0.671. The number of nitrogens with one attached hydrogen (secondary N) is 2. The summed E-state index contributed by atoms with van der Waals surface area (Å²) in [4.78, 5) is 38.3. The number of benzene rings is 2. The lowest BCUT2D eigenvalue weighted by atomic mass is 10.1. The average molecular weight is 431 g/mol. The second kappa shape index (κ2) is 8.58. The van der Waals surface area contributed by atoms with Gasteiger partial charge in [-0.2, -0.15) is 0 Å². The smallest absolute Gasteiger partial charge is 0.243 e. The lowest BCUT2D eigenvalue weighted by Gasteiger charge is -2.22. The van der Waals surface area contributed by atoms with Gasteiger partial charge in [-0.05, 0) is 24.3 Å². The summed E-state index contributed by atoms with van der Waals surface area (Å²) in [5.41, 5.74) is 0.666. The summed E-state index contributed by atoms with van der Waals surface area (Å²) in [5, 5.41) is 4.84. The normalized spacial score (nSPS) is 17.4. The van der Waals surface area contributed by atoms with Gasteiger partial charge in [0.15, 0.2) is 23.1 Å². The van der Waals surface area contributed by atoms with Gasteiger partial charge in [0.1, 0.15) is 13.2 Å². The second-order valence-electron chi connectivity index (χ2n) is 7.13. The first-order valence-corrected chi connectivity index (χ1v) is 9.63. The van der Waals surface area contributed by atoms with Crippen molar-refractivity contribution in [3.8, 4) is 11.5 Å². The molecule has 2 aromatic rings. The number of fused-ring (bicyclic) bond motifs is 1. The fourth-order valence-electron chi connectivity index (χ4n) is 3.42. The molecule has 162 valence electrons. The lowest BCUT2D eigenvalue weighted by Crippen LogP contribution is -2.38. The van der Waals surface area contributed by atoms with Gasteiger partial charge < -0.3 is 25.0 Å². The van der Waals surface area contributed by atoms with Crippen LogP contribution in [0.4, 0.5) is 20.2 Å². The topological polar surface area (TPSA) is 97.0 Å². The monoisotopic (exact) mass is 431 g/mol. The van der Waals surface area contributed by atoms with Gasteiger partial charge in [-0.1, -0.05) is 0 Å². The summed E-state index contributed by atoms with van der Waals surface area (Å²) < 4.78 is 37.1. The Morgan fingerprint density at radius 1 is 1.03 bits per heavy atom. The van der Waals surface area contributed by atoms with E-state index in [4.69, 9.17) is 9.47 Å². The maximum absolute atomic E-state index is 13.2. The highest BCUT2D eigenvalue weighted by Crippen LogP contribution is 2.35. The number of carbonyl (C=O) groups excluding carboxylic acids is 3. The molecule has 1 unspecified atom stereocenters. The Bertz CT molecular complexity index is 1050. The summed E-state index contributed by atoms with van der Waals surface area (Å²) >= 11 is 0. The van der Waals surface area contributed by atoms with E-state index in [9.17, 15) is 23.2 Å². The first-order chi connectivity index (χ1) is 14.9. The molecule has 1 atom stereocenters. The first-order valence-electron chi connectivity index (χ1n) is 9.63. The largest absolute Gasteiger partial charge is 0.486 e. The molecular weight excluding hydrogens is 412 g/mol. The standard InChI is InChI=1S/C21H19F2N3O5/c22-15-3-1-13(8-16(15)23)25-19(27)10-24-21(29)12-7-20(28)26(11-12)14-2-4-17-18(9-14)31-6-5-30-17/h1-4,8-9,12H,5-7,10-11H2,(H,24,29)(H,25,27). The Morgan fingerprint density at radius 2 is 1.81 bits per heavy atom. The van der Waals surface area contributed by atoms with Crippen LogP contribution in [0.3, 0.4) is 0 Å². The predicted octanol–water partition coefficient (Wildman–Crippen LogP) is 1.84. The van der Waals surface area contributed by atoms with Crippen molar-refractivity contribution >= 4 is 29.1 Å². The van der Waals surface area contributed by atoms with Crippen LogP contribution in [0.2, 0.25) is 0 Å². The van der Waals surface area contributed by atoms with E-state index in [0.29, 0.717) is 30.4 Å². The van der Waals surface area contributed by atoms with Crippen molar-refractivity contribution < 1.29 is 32.6 Å². The van der Waals surface area contributed by atoms with Crippen LogP contribution < -0.4 is 25.0 Å². The molecule has 1 saturated heterocycles. The molecule has 2 aromatic carbocycles. The second-order valence-corrected chi connectivity index (χ2v) is 7.13. The minimum atomic E-state index is -1.09. The van der Waals surface area contributed by atoms with Crippen LogP contribution in [-0.4, -0.2) is 44.0 Å². The Hall–Kier alpha value is -3.69. The molecule has 3 amide bonds. The molecule has 2 heterocycles. The molecule has 8 nitrogen and oxygen atoms in total. The fourth-order valence-corrected chi connectivity index (χ4v) is 3.42. The van der Waals surface area contributed by atoms with Gasteiger partial charge in [0.05, 0.1) is 12.5 Å². The number of carbonyl (C=O) groups is 3. The molecule has 2 aliphatic heterocycles. The number of nitrogens with zero attached hydrogens (tertiary/aromatic N) is 1. The molecular formula is C21H19F2N3O5. The number of ether oxygens (including phenoxy) is 2. The van der Waals surface area contributed by atoms with E-state index in [-0.39, 0.29) is 31.1 Å².